The van der Waals surface area contributed by atoms with E-state index in [-0.39, 0.29) is 16.2 Å². The summed E-state index contributed by atoms with van der Waals surface area (Å²) < 4.78 is 5.69. The molecule has 1 heterocycles. The van der Waals surface area contributed by atoms with E-state index in [0.29, 0.717) is 24.5 Å². The van der Waals surface area contributed by atoms with E-state index in [9.17, 15) is 10.1 Å². The van der Waals surface area contributed by atoms with Crippen LogP contribution in [-0.2, 0) is 4.74 Å². The number of hydrogen-bond donors (Lipinski definition) is 2. The molecule has 0 spiro atoms. The molecule has 1 fully saturated rings. The quantitative estimate of drug-likeness (QED) is 0.618. The summed E-state index contributed by atoms with van der Waals surface area (Å²) in [5, 5.41) is 17.5. The van der Waals surface area contributed by atoms with E-state index in [4.69, 9.17) is 4.74 Å². The van der Waals surface area contributed by atoms with Crippen LogP contribution in [0.15, 0.2) is 18.2 Å². The van der Waals surface area contributed by atoms with Crippen LogP contribution in [0.2, 0.25) is 0 Å². The molecule has 1 aliphatic rings. The highest BCUT2D eigenvalue weighted by atomic mass is 16.6. The zero-order valence-electron chi connectivity index (χ0n) is 11.9. The molecule has 1 aromatic rings. The molecule has 0 amide bonds. The second-order valence-corrected chi connectivity index (χ2v) is 5.24. The summed E-state index contributed by atoms with van der Waals surface area (Å²) in [6.07, 6.45) is 2.01. The molecule has 110 valence electrons. The zero-order valence-corrected chi connectivity index (χ0v) is 11.9. The SMILES string of the molecule is CCNc1cccc(NCC2(C)CCCO2)c1[N+](=O)[O-]. The number of nitrogens with one attached hydrogen (secondary N) is 2. The van der Waals surface area contributed by atoms with Crippen LogP contribution in [0.4, 0.5) is 17.1 Å². The topological polar surface area (TPSA) is 76.4 Å². The Bertz CT molecular complexity index is 485. The molecular weight excluding hydrogens is 258 g/mol. The van der Waals surface area contributed by atoms with Crippen molar-refractivity contribution in [3.8, 4) is 0 Å². The summed E-state index contributed by atoms with van der Waals surface area (Å²) in [7, 11) is 0. The molecule has 1 unspecified atom stereocenters. The lowest BCUT2D eigenvalue weighted by atomic mass is 10.0. The Kier molecular flexibility index (Phi) is 4.44. The van der Waals surface area contributed by atoms with Gasteiger partial charge in [0.2, 0.25) is 0 Å². The summed E-state index contributed by atoms with van der Waals surface area (Å²) in [4.78, 5) is 10.9. The minimum absolute atomic E-state index is 0.0935. The van der Waals surface area contributed by atoms with Gasteiger partial charge in [0.15, 0.2) is 0 Å². The Balaban J connectivity index is 2.18. The van der Waals surface area contributed by atoms with E-state index < -0.39 is 0 Å². The van der Waals surface area contributed by atoms with Gasteiger partial charge in [-0.1, -0.05) is 6.07 Å². The molecule has 1 atom stereocenters. The van der Waals surface area contributed by atoms with Crippen molar-refractivity contribution >= 4 is 17.1 Å². The summed E-state index contributed by atoms with van der Waals surface area (Å²) in [5.41, 5.74) is 0.934. The second-order valence-electron chi connectivity index (χ2n) is 5.24. The number of nitro benzene ring substituents is 1. The van der Waals surface area contributed by atoms with Gasteiger partial charge < -0.3 is 15.4 Å². The van der Waals surface area contributed by atoms with Crippen molar-refractivity contribution in [2.45, 2.75) is 32.3 Å². The van der Waals surface area contributed by atoms with Crippen LogP contribution in [-0.4, -0.2) is 30.2 Å². The Hall–Kier alpha value is -1.82. The minimum Gasteiger partial charge on any atom is -0.380 e. The van der Waals surface area contributed by atoms with Gasteiger partial charge in [-0.3, -0.25) is 10.1 Å². The summed E-state index contributed by atoms with van der Waals surface area (Å²) in [6.45, 7) is 5.93. The number of para-hydroxylation sites is 1. The third-order valence-corrected chi connectivity index (χ3v) is 3.54. The standard InChI is InChI=1S/C14H21N3O3/c1-3-15-11-6-4-7-12(13(11)17(18)19)16-10-14(2)8-5-9-20-14/h4,6-7,15-16H,3,5,8-10H2,1-2H3. The van der Waals surface area contributed by atoms with Crippen LogP contribution in [0.1, 0.15) is 26.7 Å². The van der Waals surface area contributed by atoms with Gasteiger partial charge in [-0.25, -0.2) is 0 Å². The normalized spacial score (nSPS) is 21.7. The molecule has 0 aromatic heterocycles. The maximum Gasteiger partial charge on any atom is 0.315 e. The maximum atomic E-state index is 11.3. The van der Waals surface area contributed by atoms with Gasteiger partial charge in [0.1, 0.15) is 11.4 Å². The highest BCUT2D eigenvalue weighted by molar-refractivity contribution is 5.76. The van der Waals surface area contributed by atoms with Crippen molar-refractivity contribution in [1.29, 1.82) is 0 Å². The van der Waals surface area contributed by atoms with E-state index >= 15 is 0 Å². The molecule has 1 aliphatic heterocycles. The second kappa shape index (κ2) is 6.09. The maximum absolute atomic E-state index is 11.3. The largest absolute Gasteiger partial charge is 0.380 e. The molecule has 2 N–H and O–H groups in total. The number of rotatable bonds is 6. The molecule has 1 saturated heterocycles. The minimum atomic E-state index is -0.349. The first kappa shape index (κ1) is 14.6. The molecule has 6 heteroatoms. The third-order valence-electron chi connectivity index (χ3n) is 3.54. The zero-order chi connectivity index (χ0) is 14.6. The van der Waals surface area contributed by atoms with Crippen molar-refractivity contribution in [3.05, 3.63) is 28.3 Å². The smallest absolute Gasteiger partial charge is 0.315 e. The van der Waals surface area contributed by atoms with E-state index in [0.717, 1.165) is 19.4 Å². The first-order chi connectivity index (χ1) is 9.56. The van der Waals surface area contributed by atoms with Gasteiger partial charge in [-0.2, -0.15) is 0 Å². The van der Waals surface area contributed by atoms with E-state index in [1.165, 1.54) is 0 Å². The predicted octanol–water partition coefficient (Wildman–Crippen LogP) is 3.01. The van der Waals surface area contributed by atoms with Gasteiger partial charge in [0, 0.05) is 19.7 Å². The van der Waals surface area contributed by atoms with Crippen LogP contribution >= 0.6 is 0 Å². The van der Waals surface area contributed by atoms with Crippen molar-refractivity contribution in [2.24, 2.45) is 0 Å². The molecule has 0 saturated carbocycles. The van der Waals surface area contributed by atoms with Crippen LogP contribution in [0.5, 0.6) is 0 Å². The van der Waals surface area contributed by atoms with Crippen molar-refractivity contribution < 1.29 is 9.66 Å². The summed E-state index contributed by atoms with van der Waals surface area (Å²) in [6, 6.07) is 5.27. The third kappa shape index (κ3) is 3.19. The first-order valence-corrected chi connectivity index (χ1v) is 6.95. The fourth-order valence-electron chi connectivity index (χ4n) is 2.47. The lowest BCUT2D eigenvalue weighted by molar-refractivity contribution is -0.383. The number of nitro groups is 1. The average Bonchev–Trinajstić information content (AvgIpc) is 2.84. The average molecular weight is 279 g/mol. The van der Waals surface area contributed by atoms with Crippen LogP contribution in [0.25, 0.3) is 0 Å². The molecule has 6 nitrogen and oxygen atoms in total. The lowest BCUT2D eigenvalue weighted by Crippen LogP contribution is -2.32. The van der Waals surface area contributed by atoms with Gasteiger partial charge in [0.05, 0.1) is 10.5 Å². The Morgan fingerprint density at radius 3 is 2.65 bits per heavy atom. The lowest BCUT2D eigenvalue weighted by Gasteiger charge is -2.24. The molecule has 20 heavy (non-hydrogen) atoms. The molecule has 1 aromatic carbocycles. The first-order valence-electron chi connectivity index (χ1n) is 6.95. The Morgan fingerprint density at radius 2 is 2.10 bits per heavy atom. The number of anilines is 2. The van der Waals surface area contributed by atoms with E-state index in [2.05, 4.69) is 10.6 Å². The predicted molar refractivity (Wildman–Crippen MR) is 79.3 cm³/mol. The van der Waals surface area contributed by atoms with Crippen molar-refractivity contribution in [1.82, 2.24) is 0 Å². The van der Waals surface area contributed by atoms with Gasteiger partial charge in [0.25, 0.3) is 0 Å². The van der Waals surface area contributed by atoms with Crippen molar-refractivity contribution in [2.75, 3.05) is 30.3 Å². The molecule has 0 bridgehead atoms. The number of benzene rings is 1. The van der Waals surface area contributed by atoms with E-state index in [1.807, 2.05) is 19.9 Å². The molecule has 0 radical (unpaired) electrons. The number of hydrogen-bond acceptors (Lipinski definition) is 5. The molecular formula is C14H21N3O3. The Morgan fingerprint density at radius 1 is 1.40 bits per heavy atom. The van der Waals surface area contributed by atoms with Crippen molar-refractivity contribution in [3.63, 3.8) is 0 Å². The van der Waals surface area contributed by atoms with E-state index in [1.54, 1.807) is 12.1 Å². The van der Waals surface area contributed by atoms with Gasteiger partial charge in [-0.05, 0) is 38.8 Å². The van der Waals surface area contributed by atoms with Crippen LogP contribution < -0.4 is 10.6 Å². The van der Waals surface area contributed by atoms with Gasteiger partial charge >= 0.3 is 5.69 Å². The molecule has 2 rings (SSSR count). The monoisotopic (exact) mass is 279 g/mol. The number of ether oxygens (including phenoxy) is 1. The Labute approximate surface area is 118 Å². The number of nitrogens with zero attached hydrogens (tertiary/aromatic N) is 1. The fraction of sp³-hybridized carbons (Fsp3) is 0.571. The fourth-order valence-corrected chi connectivity index (χ4v) is 2.47. The van der Waals surface area contributed by atoms with Gasteiger partial charge in [-0.15, -0.1) is 0 Å². The highest BCUT2D eigenvalue weighted by Crippen LogP contribution is 2.34. The van der Waals surface area contributed by atoms with Crippen LogP contribution in [0, 0.1) is 10.1 Å². The summed E-state index contributed by atoms with van der Waals surface area (Å²) >= 11 is 0. The summed E-state index contributed by atoms with van der Waals surface area (Å²) in [5.74, 6) is 0. The molecule has 0 aliphatic carbocycles. The highest BCUT2D eigenvalue weighted by Gasteiger charge is 2.30. The van der Waals surface area contributed by atoms with Crippen LogP contribution in [0.3, 0.4) is 0 Å².